The van der Waals surface area contributed by atoms with Crippen LogP contribution < -0.4 is 5.30 Å². The van der Waals surface area contributed by atoms with E-state index < -0.39 is 7.60 Å². The van der Waals surface area contributed by atoms with Crippen LogP contribution in [0.4, 0.5) is 0 Å². The molecule has 3 nitrogen and oxygen atoms in total. The summed E-state index contributed by atoms with van der Waals surface area (Å²) in [4.78, 5) is 0. The number of rotatable bonds is 9. The van der Waals surface area contributed by atoms with Crippen LogP contribution in [0.15, 0.2) is 18.2 Å². The van der Waals surface area contributed by atoms with Gasteiger partial charge in [0.1, 0.15) is 0 Å². The standard InChI is InChI=1S/C16H27O3P/c1-5-10-14-12-9-13-16(15(14)11-6-2)20(17,18-7-3)19-8-4/h9,12-13H,5-8,10-11H2,1-4H3. The Morgan fingerprint density at radius 1 is 0.950 bits per heavy atom. The minimum absolute atomic E-state index is 0.390. The average molecular weight is 298 g/mol. The van der Waals surface area contributed by atoms with Gasteiger partial charge in [0.15, 0.2) is 0 Å². The molecule has 1 aromatic carbocycles. The summed E-state index contributed by atoms with van der Waals surface area (Å²) in [7, 11) is -3.19. The van der Waals surface area contributed by atoms with Gasteiger partial charge < -0.3 is 9.05 Å². The second kappa shape index (κ2) is 8.61. The van der Waals surface area contributed by atoms with Crippen LogP contribution >= 0.6 is 7.60 Å². The Labute approximate surface area is 123 Å². The van der Waals surface area contributed by atoms with Crippen LogP contribution in [0.1, 0.15) is 51.7 Å². The summed E-state index contributed by atoms with van der Waals surface area (Å²) in [5.74, 6) is 0. The quantitative estimate of drug-likeness (QED) is 0.630. The van der Waals surface area contributed by atoms with Gasteiger partial charge in [-0.25, -0.2) is 0 Å². The zero-order valence-corrected chi connectivity index (χ0v) is 14.0. The Kier molecular flexibility index (Phi) is 7.50. The monoisotopic (exact) mass is 298 g/mol. The van der Waals surface area contributed by atoms with Crippen molar-refractivity contribution in [3.8, 4) is 0 Å². The predicted octanol–water partition coefficient (Wildman–Crippen LogP) is 4.48. The van der Waals surface area contributed by atoms with Crippen molar-refractivity contribution in [2.45, 2.75) is 53.4 Å². The maximum absolute atomic E-state index is 13.0. The van der Waals surface area contributed by atoms with Crippen LogP contribution in [-0.4, -0.2) is 13.2 Å². The fourth-order valence-electron chi connectivity index (χ4n) is 2.44. The molecule has 20 heavy (non-hydrogen) atoms. The molecule has 0 atom stereocenters. The second-order valence-corrected chi connectivity index (χ2v) is 6.74. The lowest BCUT2D eigenvalue weighted by Gasteiger charge is -2.22. The first-order valence-electron chi connectivity index (χ1n) is 7.63. The molecule has 0 radical (unpaired) electrons. The van der Waals surface area contributed by atoms with Crippen molar-refractivity contribution >= 4 is 12.9 Å². The topological polar surface area (TPSA) is 35.5 Å². The molecule has 0 amide bonds. The molecule has 0 aromatic heterocycles. The maximum Gasteiger partial charge on any atom is 0.361 e. The van der Waals surface area contributed by atoms with Crippen LogP contribution in [-0.2, 0) is 26.5 Å². The highest BCUT2D eigenvalue weighted by Crippen LogP contribution is 2.48. The molecule has 0 N–H and O–H groups in total. The first-order chi connectivity index (χ1) is 9.62. The third-order valence-electron chi connectivity index (χ3n) is 3.16. The lowest BCUT2D eigenvalue weighted by atomic mass is 10.00. The fraction of sp³-hybridized carbons (Fsp3) is 0.625. The molecule has 0 saturated heterocycles. The molecule has 0 fully saturated rings. The van der Waals surface area contributed by atoms with E-state index in [-0.39, 0.29) is 0 Å². The highest BCUT2D eigenvalue weighted by molar-refractivity contribution is 7.62. The van der Waals surface area contributed by atoms with E-state index in [0.29, 0.717) is 13.2 Å². The zero-order valence-electron chi connectivity index (χ0n) is 13.1. The van der Waals surface area contributed by atoms with Crippen molar-refractivity contribution in [3.05, 3.63) is 29.3 Å². The van der Waals surface area contributed by atoms with Gasteiger partial charge in [0.2, 0.25) is 0 Å². The number of benzene rings is 1. The highest BCUT2D eigenvalue weighted by atomic mass is 31.2. The Morgan fingerprint density at radius 3 is 2.05 bits per heavy atom. The van der Waals surface area contributed by atoms with Crippen molar-refractivity contribution < 1.29 is 13.6 Å². The van der Waals surface area contributed by atoms with E-state index >= 15 is 0 Å². The summed E-state index contributed by atoms with van der Waals surface area (Å²) in [5, 5.41) is 0.758. The molecule has 0 unspecified atom stereocenters. The average Bonchev–Trinajstić information content (AvgIpc) is 2.41. The summed E-state index contributed by atoms with van der Waals surface area (Å²) in [6, 6.07) is 5.99. The van der Waals surface area contributed by atoms with Crippen LogP contribution in [0, 0.1) is 0 Å². The van der Waals surface area contributed by atoms with Crippen molar-refractivity contribution in [2.24, 2.45) is 0 Å². The zero-order chi connectivity index (χ0) is 15.0. The van der Waals surface area contributed by atoms with E-state index in [1.54, 1.807) is 0 Å². The van der Waals surface area contributed by atoms with E-state index in [1.807, 2.05) is 26.0 Å². The first-order valence-corrected chi connectivity index (χ1v) is 9.17. The van der Waals surface area contributed by atoms with Gasteiger partial charge in [-0.1, -0.05) is 38.8 Å². The van der Waals surface area contributed by atoms with Gasteiger partial charge in [0, 0.05) is 0 Å². The molecule has 0 aliphatic carbocycles. The number of hydrogen-bond donors (Lipinski definition) is 0. The minimum Gasteiger partial charge on any atom is -0.305 e. The number of aryl methyl sites for hydroxylation is 1. The fourth-order valence-corrected chi connectivity index (χ4v) is 4.32. The molecule has 0 aliphatic rings. The van der Waals surface area contributed by atoms with Gasteiger partial charge in [-0.15, -0.1) is 0 Å². The Bertz CT molecular complexity index is 447. The summed E-state index contributed by atoms with van der Waals surface area (Å²) in [5.41, 5.74) is 2.42. The van der Waals surface area contributed by atoms with E-state index in [9.17, 15) is 4.57 Å². The van der Waals surface area contributed by atoms with Crippen molar-refractivity contribution in [1.82, 2.24) is 0 Å². The van der Waals surface area contributed by atoms with E-state index in [0.717, 1.165) is 36.6 Å². The van der Waals surface area contributed by atoms with Gasteiger partial charge in [0.25, 0.3) is 0 Å². The molecule has 0 spiro atoms. The molecule has 0 saturated carbocycles. The second-order valence-electron chi connectivity index (χ2n) is 4.75. The highest BCUT2D eigenvalue weighted by Gasteiger charge is 2.30. The van der Waals surface area contributed by atoms with E-state index in [2.05, 4.69) is 19.9 Å². The van der Waals surface area contributed by atoms with Gasteiger partial charge in [0.05, 0.1) is 18.5 Å². The molecule has 1 aromatic rings. The molecule has 0 bridgehead atoms. The molecule has 1 rings (SSSR count). The smallest absolute Gasteiger partial charge is 0.305 e. The van der Waals surface area contributed by atoms with Crippen molar-refractivity contribution in [2.75, 3.05) is 13.2 Å². The Balaban J connectivity index is 3.32. The van der Waals surface area contributed by atoms with Gasteiger partial charge in [-0.05, 0) is 43.9 Å². The van der Waals surface area contributed by atoms with Crippen LogP contribution in [0.3, 0.4) is 0 Å². The van der Waals surface area contributed by atoms with E-state index in [1.165, 1.54) is 5.56 Å². The van der Waals surface area contributed by atoms with Gasteiger partial charge >= 0.3 is 7.60 Å². The Hall–Kier alpha value is -0.630. The van der Waals surface area contributed by atoms with Crippen LogP contribution in [0.5, 0.6) is 0 Å². The van der Waals surface area contributed by atoms with Crippen LogP contribution in [0.2, 0.25) is 0 Å². The molecule has 0 aliphatic heterocycles. The lowest BCUT2D eigenvalue weighted by molar-refractivity contribution is 0.229. The molecule has 114 valence electrons. The summed E-state index contributed by atoms with van der Waals surface area (Å²) < 4.78 is 24.0. The third kappa shape index (κ3) is 4.18. The molecular weight excluding hydrogens is 271 g/mol. The third-order valence-corrected chi connectivity index (χ3v) is 5.37. The lowest BCUT2D eigenvalue weighted by Crippen LogP contribution is -2.18. The van der Waals surface area contributed by atoms with E-state index in [4.69, 9.17) is 9.05 Å². The minimum atomic E-state index is -3.19. The largest absolute Gasteiger partial charge is 0.361 e. The normalized spacial score (nSPS) is 11.8. The predicted molar refractivity (Wildman–Crippen MR) is 84.9 cm³/mol. The molecule has 0 heterocycles. The van der Waals surface area contributed by atoms with Crippen molar-refractivity contribution in [1.29, 1.82) is 0 Å². The molecular formula is C16H27O3P. The van der Waals surface area contributed by atoms with Crippen molar-refractivity contribution in [3.63, 3.8) is 0 Å². The van der Waals surface area contributed by atoms with Gasteiger partial charge in [-0.2, -0.15) is 0 Å². The number of hydrogen-bond acceptors (Lipinski definition) is 3. The van der Waals surface area contributed by atoms with Crippen LogP contribution in [0.25, 0.3) is 0 Å². The molecule has 4 heteroatoms. The first kappa shape index (κ1) is 17.4. The Morgan fingerprint density at radius 2 is 1.55 bits per heavy atom. The summed E-state index contributed by atoms with van der Waals surface area (Å²) in [6.07, 6.45) is 4.01. The summed E-state index contributed by atoms with van der Waals surface area (Å²) in [6.45, 7) is 8.77. The SMILES string of the molecule is CCCc1cccc(P(=O)(OCC)OCC)c1CCC. The van der Waals surface area contributed by atoms with Gasteiger partial charge in [-0.3, -0.25) is 4.57 Å². The summed E-state index contributed by atoms with van der Waals surface area (Å²) >= 11 is 0. The maximum atomic E-state index is 13.0.